The molecule has 1 aromatic carbocycles. The van der Waals surface area contributed by atoms with Crippen LogP contribution < -0.4 is 5.73 Å². The molecule has 18 heavy (non-hydrogen) atoms. The van der Waals surface area contributed by atoms with Crippen LogP contribution in [0.1, 0.15) is 23.6 Å². The summed E-state index contributed by atoms with van der Waals surface area (Å²) in [5, 5.41) is 11.2. The van der Waals surface area contributed by atoms with E-state index in [1.54, 1.807) is 25.3 Å². The van der Waals surface area contributed by atoms with Gasteiger partial charge in [-0.2, -0.15) is 0 Å². The number of aliphatic hydroxyl groups is 1. The molecule has 1 heterocycles. The van der Waals surface area contributed by atoms with E-state index in [9.17, 15) is 5.11 Å². The number of aryl methyl sites for hydroxylation is 1. The Labute approximate surface area is 111 Å². The van der Waals surface area contributed by atoms with Crippen molar-refractivity contribution in [2.75, 3.05) is 5.73 Å². The topological polar surface area (TPSA) is 59.1 Å². The normalized spacial score (nSPS) is 14.2. The first kappa shape index (κ1) is 12.9. The Balaban J connectivity index is 2.61. The van der Waals surface area contributed by atoms with Gasteiger partial charge in [0.05, 0.1) is 0 Å². The molecule has 0 saturated carbocycles. The zero-order valence-corrected chi connectivity index (χ0v) is 11.1. The van der Waals surface area contributed by atoms with Crippen molar-refractivity contribution in [3.63, 3.8) is 0 Å². The standard InChI is InChI=1S/C14H15ClN2O/c1-9-7-11(13(16)17-8-9)14(2,18)10-5-3-4-6-12(10)15/h3-8,18H,1-2H3,(H2,16,17). The van der Waals surface area contributed by atoms with E-state index in [1.165, 1.54) is 0 Å². The number of hydrogen-bond donors (Lipinski definition) is 2. The van der Waals surface area contributed by atoms with E-state index in [0.29, 0.717) is 22.0 Å². The van der Waals surface area contributed by atoms with E-state index >= 15 is 0 Å². The van der Waals surface area contributed by atoms with Crippen molar-refractivity contribution < 1.29 is 5.11 Å². The summed E-state index contributed by atoms with van der Waals surface area (Å²) < 4.78 is 0. The van der Waals surface area contributed by atoms with Gasteiger partial charge in [0.25, 0.3) is 0 Å². The molecule has 94 valence electrons. The van der Waals surface area contributed by atoms with Crippen molar-refractivity contribution in [3.05, 3.63) is 58.2 Å². The number of pyridine rings is 1. The number of nitrogens with two attached hydrogens (primary N) is 1. The molecule has 0 saturated heterocycles. The highest BCUT2D eigenvalue weighted by atomic mass is 35.5. The van der Waals surface area contributed by atoms with Crippen molar-refractivity contribution in [1.82, 2.24) is 4.98 Å². The summed E-state index contributed by atoms with van der Waals surface area (Å²) in [7, 11) is 0. The summed E-state index contributed by atoms with van der Waals surface area (Å²) in [6, 6.07) is 9.00. The maximum absolute atomic E-state index is 10.7. The van der Waals surface area contributed by atoms with Crippen LogP contribution in [0, 0.1) is 6.92 Å². The molecular weight excluding hydrogens is 248 g/mol. The van der Waals surface area contributed by atoms with E-state index in [4.69, 9.17) is 17.3 Å². The van der Waals surface area contributed by atoms with Gasteiger partial charge in [-0.1, -0.05) is 29.8 Å². The minimum atomic E-state index is -1.26. The number of benzene rings is 1. The fourth-order valence-corrected chi connectivity index (χ4v) is 2.29. The average Bonchev–Trinajstić information content (AvgIpc) is 2.32. The Hall–Kier alpha value is -1.58. The third-order valence-electron chi connectivity index (χ3n) is 2.98. The lowest BCUT2D eigenvalue weighted by Crippen LogP contribution is -2.25. The van der Waals surface area contributed by atoms with Crippen molar-refractivity contribution in [1.29, 1.82) is 0 Å². The zero-order chi connectivity index (χ0) is 13.3. The lowest BCUT2D eigenvalue weighted by atomic mass is 9.88. The molecule has 1 unspecified atom stereocenters. The highest BCUT2D eigenvalue weighted by molar-refractivity contribution is 6.31. The molecule has 0 radical (unpaired) electrons. The molecule has 4 heteroatoms. The zero-order valence-electron chi connectivity index (χ0n) is 10.3. The van der Waals surface area contributed by atoms with Gasteiger partial charge in [-0.25, -0.2) is 4.98 Å². The lowest BCUT2D eigenvalue weighted by Gasteiger charge is -2.26. The number of nitrogens with zero attached hydrogens (tertiary/aromatic N) is 1. The van der Waals surface area contributed by atoms with E-state index in [0.717, 1.165) is 5.56 Å². The second-order valence-electron chi connectivity index (χ2n) is 4.50. The SMILES string of the molecule is Cc1cnc(N)c(C(C)(O)c2ccccc2Cl)c1. The van der Waals surface area contributed by atoms with E-state index < -0.39 is 5.60 Å². The monoisotopic (exact) mass is 262 g/mol. The minimum Gasteiger partial charge on any atom is -0.383 e. The third-order valence-corrected chi connectivity index (χ3v) is 3.31. The van der Waals surface area contributed by atoms with Crippen LogP contribution in [0.4, 0.5) is 5.82 Å². The second-order valence-corrected chi connectivity index (χ2v) is 4.90. The number of anilines is 1. The molecule has 2 aromatic rings. The van der Waals surface area contributed by atoms with Crippen LogP contribution >= 0.6 is 11.6 Å². The highest BCUT2D eigenvalue weighted by Crippen LogP contribution is 2.36. The highest BCUT2D eigenvalue weighted by Gasteiger charge is 2.30. The maximum atomic E-state index is 10.7. The van der Waals surface area contributed by atoms with Gasteiger partial charge in [-0.3, -0.25) is 0 Å². The van der Waals surface area contributed by atoms with Crippen LogP contribution in [0.5, 0.6) is 0 Å². The van der Waals surface area contributed by atoms with Gasteiger partial charge in [0.15, 0.2) is 0 Å². The van der Waals surface area contributed by atoms with Gasteiger partial charge in [0.2, 0.25) is 0 Å². The van der Waals surface area contributed by atoms with Crippen LogP contribution in [0.3, 0.4) is 0 Å². The molecule has 3 N–H and O–H groups in total. The van der Waals surface area contributed by atoms with Crippen LogP contribution in [-0.4, -0.2) is 10.1 Å². The first-order valence-electron chi connectivity index (χ1n) is 5.63. The van der Waals surface area contributed by atoms with E-state index in [-0.39, 0.29) is 0 Å². The van der Waals surface area contributed by atoms with Gasteiger partial charge in [-0.05, 0) is 31.5 Å². The van der Waals surface area contributed by atoms with Crippen LogP contribution in [0.2, 0.25) is 5.02 Å². The Bertz CT molecular complexity index is 582. The Morgan fingerprint density at radius 2 is 1.94 bits per heavy atom. The molecule has 3 nitrogen and oxygen atoms in total. The Kier molecular flexibility index (Phi) is 3.28. The Morgan fingerprint density at radius 1 is 1.28 bits per heavy atom. The molecule has 0 amide bonds. The van der Waals surface area contributed by atoms with Gasteiger partial charge >= 0.3 is 0 Å². The summed E-state index contributed by atoms with van der Waals surface area (Å²) in [6.45, 7) is 3.57. The fourth-order valence-electron chi connectivity index (χ4n) is 1.97. The lowest BCUT2D eigenvalue weighted by molar-refractivity contribution is 0.103. The first-order chi connectivity index (χ1) is 8.43. The molecule has 0 aliphatic carbocycles. The number of rotatable bonds is 2. The molecule has 0 spiro atoms. The van der Waals surface area contributed by atoms with Crippen molar-refractivity contribution in [2.24, 2.45) is 0 Å². The smallest absolute Gasteiger partial charge is 0.129 e. The Morgan fingerprint density at radius 3 is 2.61 bits per heavy atom. The predicted octanol–water partition coefficient (Wildman–Crippen LogP) is 2.88. The molecule has 0 aliphatic heterocycles. The molecule has 1 aromatic heterocycles. The summed E-state index contributed by atoms with van der Waals surface area (Å²) >= 11 is 6.13. The van der Waals surface area contributed by atoms with Gasteiger partial charge in [-0.15, -0.1) is 0 Å². The fraction of sp³-hybridized carbons (Fsp3) is 0.214. The van der Waals surface area contributed by atoms with Gasteiger partial charge < -0.3 is 10.8 Å². The van der Waals surface area contributed by atoms with Crippen molar-refractivity contribution in [3.8, 4) is 0 Å². The average molecular weight is 263 g/mol. The van der Waals surface area contributed by atoms with Crippen molar-refractivity contribution >= 4 is 17.4 Å². The van der Waals surface area contributed by atoms with Crippen LogP contribution in [-0.2, 0) is 5.60 Å². The largest absolute Gasteiger partial charge is 0.383 e. The van der Waals surface area contributed by atoms with Crippen LogP contribution in [0.25, 0.3) is 0 Å². The number of aromatic nitrogens is 1. The van der Waals surface area contributed by atoms with Gasteiger partial charge in [0, 0.05) is 22.3 Å². The first-order valence-corrected chi connectivity index (χ1v) is 6.00. The predicted molar refractivity (Wildman–Crippen MR) is 73.5 cm³/mol. The molecule has 0 aliphatic rings. The van der Waals surface area contributed by atoms with Crippen molar-refractivity contribution in [2.45, 2.75) is 19.4 Å². The third kappa shape index (κ3) is 2.19. The quantitative estimate of drug-likeness (QED) is 0.875. The summed E-state index contributed by atoms with van der Waals surface area (Å²) in [6.07, 6.45) is 1.67. The van der Waals surface area contributed by atoms with E-state index in [2.05, 4.69) is 4.98 Å². The minimum absolute atomic E-state index is 0.311. The summed E-state index contributed by atoms with van der Waals surface area (Å²) in [4.78, 5) is 4.07. The summed E-state index contributed by atoms with van der Waals surface area (Å²) in [5.41, 5.74) is 6.70. The summed E-state index contributed by atoms with van der Waals surface area (Å²) in [5.74, 6) is 0.311. The number of halogens is 1. The molecular formula is C14H15ClN2O. The molecule has 0 fully saturated rings. The molecule has 0 bridgehead atoms. The molecule has 2 rings (SSSR count). The number of hydrogen-bond acceptors (Lipinski definition) is 3. The van der Waals surface area contributed by atoms with Gasteiger partial charge in [0.1, 0.15) is 11.4 Å². The number of nitrogen functional groups attached to an aromatic ring is 1. The second kappa shape index (κ2) is 4.59. The van der Waals surface area contributed by atoms with Crippen LogP contribution in [0.15, 0.2) is 36.5 Å². The maximum Gasteiger partial charge on any atom is 0.129 e. The van der Waals surface area contributed by atoms with E-state index in [1.807, 2.05) is 25.1 Å². The molecule has 1 atom stereocenters.